The third-order valence-electron chi connectivity index (χ3n) is 11.9. The molecule has 0 spiro atoms. The summed E-state index contributed by atoms with van der Waals surface area (Å²) in [4.78, 5) is 70.0. The molecule has 1 heterocycles. The molecule has 63 heavy (non-hydrogen) atoms. The summed E-state index contributed by atoms with van der Waals surface area (Å²) in [5, 5.41) is 14.6. The van der Waals surface area contributed by atoms with Crippen molar-refractivity contribution < 1.29 is 33.4 Å². The first-order valence-corrected chi connectivity index (χ1v) is 22.8. The van der Waals surface area contributed by atoms with Gasteiger partial charge in [-0.15, -0.1) is 11.3 Å². The van der Waals surface area contributed by atoms with Crippen LogP contribution >= 0.6 is 11.3 Å². The fourth-order valence-electron chi connectivity index (χ4n) is 8.00. The number of amides is 3. The molecular formula is C50H63N5O7S. The van der Waals surface area contributed by atoms with Crippen molar-refractivity contribution in [2.75, 3.05) is 45.0 Å². The van der Waals surface area contributed by atoms with Crippen molar-refractivity contribution in [2.24, 2.45) is 5.41 Å². The van der Waals surface area contributed by atoms with E-state index in [4.69, 9.17) is 14.9 Å². The summed E-state index contributed by atoms with van der Waals surface area (Å²) in [7, 11) is 4.51. The Labute approximate surface area is 376 Å². The number of nitrogens with zero attached hydrogens (tertiary/aromatic N) is 2. The maximum absolute atomic E-state index is 14.0. The summed E-state index contributed by atoms with van der Waals surface area (Å²) in [5.41, 5.74) is 5.64. The highest BCUT2D eigenvalue weighted by molar-refractivity contribution is 7.17. The van der Waals surface area contributed by atoms with Crippen LogP contribution in [0.1, 0.15) is 124 Å². The van der Waals surface area contributed by atoms with E-state index in [1.54, 1.807) is 44.0 Å². The number of hydrogen-bond acceptors (Lipinski definition) is 10. The van der Waals surface area contributed by atoms with Gasteiger partial charge in [0.25, 0.3) is 11.8 Å². The molecule has 1 atom stereocenters. The van der Waals surface area contributed by atoms with Crippen molar-refractivity contribution in [3.05, 3.63) is 117 Å². The number of aryl methyl sites for hydroxylation is 3. The highest BCUT2D eigenvalue weighted by atomic mass is 32.1. The molecule has 1 aromatic heterocycles. The van der Waals surface area contributed by atoms with Gasteiger partial charge in [0.2, 0.25) is 5.91 Å². The Hall–Kier alpha value is -5.66. The molecule has 0 fully saturated rings. The fourth-order valence-corrected chi connectivity index (χ4v) is 9.28. The van der Waals surface area contributed by atoms with Crippen LogP contribution in [-0.2, 0) is 51.3 Å². The lowest BCUT2D eigenvalue weighted by Gasteiger charge is -2.31. The van der Waals surface area contributed by atoms with Crippen LogP contribution < -0.4 is 10.6 Å². The van der Waals surface area contributed by atoms with E-state index in [9.17, 15) is 24.0 Å². The zero-order chi connectivity index (χ0) is 45.5. The molecule has 1 unspecified atom stereocenters. The number of rotatable bonds is 22. The van der Waals surface area contributed by atoms with Gasteiger partial charge < -0.3 is 30.4 Å². The molecule has 0 radical (unpaired) electrons. The smallest absolute Gasteiger partial charge is 0.337 e. The second-order valence-corrected chi connectivity index (χ2v) is 18.0. The number of carbonyl (C=O) groups excluding carboxylic acids is 5. The van der Waals surface area contributed by atoms with Gasteiger partial charge in [0.1, 0.15) is 5.00 Å². The molecule has 3 amide bonds. The number of nitrogens with one attached hydrogen (secondary N) is 3. The number of carbonyl (C=O) groups is 5. The maximum atomic E-state index is 14.0. The third kappa shape index (κ3) is 13.4. The topological polar surface area (TPSA) is 158 Å². The zero-order valence-corrected chi connectivity index (χ0v) is 38.5. The standard InChI is InChI=1S/C50H63N5O7S/c1-7-40(27-29-51)55(31-11-30-54(4)43(56)26-28-50(2,3)49(60)62-6)33-36-12-10-13-38(32-36)45(57)53-47-44(41-14-8-9-15-42(41)63-47)46(58)52-39-24-20-35(21-25-39)17-16-34-18-22-37(23-19-34)48(59)61-5/h10,12-13,18-25,29,32,40,51H,7-9,11,14-17,26-28,30-31,33H2,1-6H3,(H,52,58)(H,53,57). The zero-order valence-electron chi connectivity index (χ0n) is 37.6. The van der Waals surface area contributed by atoms with Gasteiger partial charge in [0.15, 0.2) is 0 Å². The fraction of sp³-hybridized carbons (Fsp3) is 0.440. The predicted molar refractivity (Wildman–Crippen MR) is 250 cm³/mol. The van der Waals surface area contributed by atoms with Gasteiger partial charge in [-0.25, -0.2) is 4.79 Å². The minimum Gasteiger partial charge on any atom is -0.469 e. The molecule has 3 aromatic carbocycles. The van der Waals surface area contributed by atoms with E-state index < -0.39 is 5.41 Å². The summed E-state index contributed by atoms with van der Waals surface area (Å²) in [5.74, 6) is -1.26. The number of ether oxygens (including phenoxy) is 2. The summed E-state index contributed by atoms with van der Waals surface area (Å²) >= 11 is 1.48. The summed E-state index contributed by atoms with van der Waals surface area (Å²) in [6.45, 7) is 7.45. The Bertz CT molecular complexity index is 2220. The second kappa shape index (κ2) is 23.1. The quantitative estimate of drug-likeness (QED) is 0.0521. The molecule has 0 saturated carbocycles. The lowest BCUT2D eigenvalue weighted by Crippen LogP contribution is -2.38. The number of hydrogen-bond donors (Lipinski definition) is 3. The molecule has 12 nitrogen and oxygen atoms in total. The van der Waals surface area contributed by atoms with E-state index in [0.717, 1.165) is 72.1 Å². The lowest BCUT2D eigenvalue weighted by atomic mass is 9.88. The average Bonchev–Trinajstić information content (AvgIpc) is 3.66. The van der Waals surface area contributed by atoms with Crippen LogP contribution in [0, 0.1) is 10.8 Å². The first-order valence-electron chi connectivity index (χ1n) is 21.9. The Kier molecular flexibility index (Phi) is 17.8. The summed E-state index contributed by atoms with van der Waals surface area (Å²) < 4.78 is 9.68. The van der Waals surface area contributed by atoms with Crippen LogP contribution in [0.3, 0.4) is 0 Å². The summed E-state index contributed by atoms with van der Waals surface area (Å²) in [6, 6.07) is 22.9. The van der Waals surface area contributed by atoms with Crippen molar-refractivity contribution >= 4 is 57.9 Å². The van der Waals surface area contributed by atoms with Crippen LogP contribution in [0.5, 0.6) is 0 Å². The van der Waals surface area contributed by atoms with Crippen molar-refractivity contribution in [1.82, 2.24) is 9.80 Å². The van der Waals surface area contributed by atoms with Crippen molar-refractivity contribution in [1.29, 1.82) is 5.41 Å². The largest absolute Gasteiger partial charge is 0.469 e. The molecule has 13 heteroatoms. The lowest BCUT2D eigenvalue weighted by molar-refractivity contribution is -0.151. The van der Waals surface area contributed by atoms with E-state index in [1.165, 1.54) is 31.8 Å². The predicted octanol–water partition coefficient (Wildman–Crippen LogP) is 9.15. The highest BCUT2D eigenvalue weighted by Gasteiger charge is 2.30. The maximum Gasteiger partial charge on any atom is 0.337 e. The number of methoxy groups -OCH3 is 2. The van der Waals surface area contributed by atoms with Crippen molar-refractivity contribution in [3.63, 3.8) is 0 Å². The van der Waals surface area contributed by atoms with E-state index in [2.05, 4.69) is 22.5 Å². The number of benzene rings is 3. The molecule has 5 rings (SSSR count). The van der Waals surface area contributed by atoms with E-state index >= 15 is 0 Å². The Balaban J connectivity index is 1.22. The van der Waals surface area contributed by atoms with Crippen molar-refractivity contribution in [3.8, 4) is 0 Å². The number of esters is 2. The number of thiophene rings is 1. The van der Waals surface area contributed by atoms with Crippen LogP contribution in [0.4, 0.5) is 10.7 Å². The molecule has 336 valence electrons. The van der Waals surface area contributed by atoms with Crippen LogP contribution in [0.15, 0.2) is 72.8 Å². The molecule has 3 N–H and O–H groups in total. The molecule has 4 aromatic rings. The van der Waals surface area contributed by atoms with Gasteiger partial charge >= 0.3 is 11.9 Å². The molecule has 0 aliphatic heterocycles. The number of anilines is 2. The molecular weight excluding hydrogens is 815 g/mol. The van der Waals surface area contributed by atoms with E-state index in [-0.39, 0.29) is 42.1 Å². The van der Waals surface area contributed by atoms with Gasteiger partial charge in [0.05, 0.1) is 30.8 Å². The van der Waals surface area contributed by atoms with Gasteiger partial charge in [-0.05, 0) is 143 Å². The van der Waals surface area contributed by atoms with Crippen molar-refractivity contribution in [2.45, 2.75) is 104 Å². The Morgan fingerprint density at radius 1 is 0.841 bits per heavy atom. The number of fused-ring (bicyclic) bond motifs is 1. The van der Waals surface area contributed by atoms with Gasteiger partial charge in [-0.2, -0.15) is 0 Å². The van der Waals surface area contributed by atoms with Gasteiger partial charge in [-0.3, -0.25) is 24.1 Å². The molecule has 1 aliphatic rings. The molecule has 0 saturated heterocycles. The Morgan fingerprint density at radius 2 is 1.52 bits per heavy atom. The van der Waals surface area contributed by atoms with E-state index in [1.807, 2.05) is 54.6 Å². The van der Waals surface area contributed by atoms with E-state index in [0.29, 0.717) is 66.3 Å². The minimum absolute atomic E-state index is 0.0277. The second-order valence-electron chi connectivity index (χ2n) is 16.9. The summed E-state index contributed by atoms with van der Waals surface area (Å²) in [6.07, 6.45) is 9.47. The minimum atomic E-state index is -0.740. The van der Waals surface area contributed by atoms with Gasteiger partial charge in [0, 0.05) is 55.3 Å². The van der Waals surface area contributed by atoms with Crippen LogP contribution in [-0.4, -0.2) is 86.1 Å². The highest BCUT2D eigenvalue weighted by Crippen LogP contribution is 2.39. The first-order chi connectivity index (χ1) is 30.3. The van der Waals surface area contributed by atoms with Crippen LogP contribution in [0.25, 0.3) is 0 Å². The molecule has 1 aliphatic carbocycles. The SMILES string of the molecule is CCC(CC=N)N(CCCN(C)C(=O)CCC(C)(C)C(=O)OC)Cc1cccc(C(=O)Nc2sc3c(c2C(=O)Nc2ccc(CCc4ccc(C(=O)OC)cc4)cc2)CCCC3)c1. The normalized spacial score (nSPS) is 12.8. The van der Waals surface area contributed by atoms with Gasteiger partial charge in [-0.1, -0.05) is 43.3 Å². The molecule has 0 bridgehead atoms. The monoisotopic (exact) mass is 877 g/mol. The average molecular weight is 878 g/mol. The van der Waals surface area contributed by atoms with Crippen LogP contribution in [0.2, 0.25) is 0 Å². The third-order valence-corrected chi connectivity index (χ3v) is 13.1. The Morgan fingerprint density at radius 3 is 2.17 bits per heavy atom. The first kappa shape index (κ1) is 48.4.